The standard InChI is InChI=1S/C26H20F2N6O5/c1-15-21(11-29)22(14-38-20-8-6-16(7-9-20)24(36)37)34(32-15)18-5-3-4-17(10-18)23(35)33(2)19-12-30-26(31-13-19)39-25(27)28/h3-10,12-13,25H,14H2,1-2H3,(H,36,37). The Labute approximate surface area is 220 Å². The van der Waals surface area contributed by atoms with Crippen LogP contribution in [0.3, 0.4) is 0 Å². The van der Waals surface area contributed by atoms with E-state index in [0.717, 1.165) is 0 Å². The van der Waals surface area contributed by atoms with Crippen LogP contribution in [0.2, 0.25) is 0 Å². The van der Waals surface area contributed by atoms with Gasteiger partial charge in [0.25, 0.3) is 5.91 Å². The number of anilines is 1. The van der Waals surface area contributed by atoms with Crippen molar-refractivity contribution < 1.29 is 33.0 Å². The van der Waals surface area contributed by atoms with E-state index in [0.29, 0.717) is 28.4 Å². The summed E-state index contributed by atoms with van der Waals surface area (Å²) in [5, 5.41) is 23.2. The number of nitrogens with zero attached hydrogens (tertiary/aromatic N) is 6. The van der Waals surface area contributed by atoms with E-state index in [-0.39, 0.29) is 23.4 Å². The fourth-order valence-corrected chi connectivity index (χ4v) is 3.62. The number of alkyl halides is 2. The van der Waals surface area contributed by atoms with Gasteiger partial charge in [-0.25, -0.2) is 19.4 Å². The summed E-state index contributed by atoms with van der Waals surface area (Å²) >= 11 is 0. The molecule has 2 aromatic carbocycles. The van der Waals surface area contributed by atoms with Gasteiger partial charge in [-0.1, -0.05) is 6.07 Å². The van der Waals surface area contributed by atoms with Crippen LogP contribution in [0.5, 0.6) is 11.8 Å². The quantitative estimate of drug-likeness (QED) is 0.337. The van der Waals surface area contributed by atoms with Crippen LogP contribution in [-0.4, -0.2) is 50.4 Å². The maximum Gasteiger partial charge on any atom is 0.389 e. The number of carbonyl (C=O) groups is 2. The molecule has 0 atom stereocenters. The first-order valence-corrected chi connectivity index (χ1v) is 11.3. The van der Waals surface area contributed by atoms with Gasteiger partial charge < -0.3 is 19.5 Å². The molecule has 1 N–H and O–H groups in total. The van der Waals surface area contributed by atoms with Crippen LogP contribution in [0.4, 0.5) is 14.5 Å². The van der Waals surface area contributed by atoms with Gasteiger partial charge in [0.15, 0.2) is 0 Å². The van der Waals surface area contributed by atoms with E-state index in [1.165, 1.54) is 53.3 Å². The summed E-state index contributed by atoms with van der Waals surface area (Å²) in [4.78, 5) is 32.8. The van der Waals surface area contributed by atoms with E-state index >= 15 is 0 Å². The number of halogens is 2. The zero-order valence-electron chi connectivity index (χ0n) is 20.6. The molecule has 0 saturated heterocycles. The van der Waals surface area contributed by atoms with Crippen molar-refractivity contribution in [2.75, 3.05) is 11.9 Å². The van der Waals surface area contributed by atoms with Crippen LogP contribution in [0, 0.1) is 18.3 Å². The number of aryl methyl sites for hydroxylation is 1. The number of aromatic nitrogens is 4. The molecule has 11 nitrogen and oxygen atoms in total. The van der Waals surface area contributed by atoms with Crippen LogP contribution >= 0.6 is 0 Å². The number of carboxylic acid groups (broad SMARTS) is 1. The molecule has 13 heteroatoms. The molecule has 2 heterocycles. The minimum atomic E-state index is -3.07. The first kappa shape index (κ1) is 26.7. The predicted molar refractivity (Wildman–Crippen MR) is 132 cm³/mol. The highest BCUT2D eigenvalue weighted by molar-refractivity contribution is 6.05. The number of aromatic carboxylic acids is 1. The normalized spacial score (nSPS) is 10.7. The van der Waals surface area contributed by atoms with Gasteiger partial charge in [-0.05, 0) is 49.4 Å². The molecule has 0 aliphatic carbocycles. The molecule has 0 fully saturated rings. The van der Waals surface area contributed by atoms with E-state index in [1.54, 1.807) is 31.2 Å². The van der Waals surface area contributed by atoms with Crippen LogP contribution in [0.15, 0.2) is 60.9 Å². The van der Waals surface area contributed by atoms with Gasteiger partial charge in [0.05, 0.1) is 40.7 Å². The van der Waals surface area contributed by atoms with Crippen molar-refractivity contribution in [1.29, 1.82) is 5.26 Å². The van der Waals surface area contributed by atoms with E-state index < -0.39 is 24.5 Å². The maximum absolute atomic E-state index is 13.2. The second kappa shape index (κ2) is 11.3. The number of ether oxygens (including phenoxy) is 2. The SMILES string of the molecule is Cc1nn(-c2cccc(C(=O)N(C)c3cnc(OC(F)F)nc3)c2)c(COc2ccc(C(=O)O)cc2)c1C#N. The molecule has 2 aromatic heterocycles. The molecule has 0 spiro atoms. The third-order valence-corrected chi connectivity index (χ3v) is 5.58. The Bertz CT molecular complexity index is 1550. The Balaban J connectivity index is 1.58. The van der Waals surface area contributed by atoms with E-state index in [1.807, 2.05) is 0 Å². The van der Waals surface area contributed by atoms with Gasteiger partial charge >= 0.3 is 18.6 Å². The second-order valence-corrected chi connectivity index (χ2v) is 8.07. The fraction of sp³-hybridized carbons (Fsp3) is 0.154. The topological polar surface area (TPSA) is 143 Å². The van der Waals surface area contributed by atoms with E-state index in [4.69, 9.17) is 9.84 Å². The number of benzene rings is 2. The monoisotopic (exact) mass is 534 g/mol. The highest BCUT2D eigenvalue weighted by Gasteiger charge is 2.20. The number of carbonyl (C=O) groups excluding carboxylic acids is 1. The molecule has 0 aliphatic rings. The smallest absolute Gasteiger partial charge is 0.389 e. The third kappa shape index (κ3) is 5.96. The Morgan fingerprint density at radius 1 is 1.13 bits per heavy atom. The van der Waals surface area contributed by atoms with Gasteiger partial charge in [-0.3, -0.25) is 4.79 Å². The Morgan fingerprint density at radius 3 is 2.44 bits per heavy atom. The third-order valence-electron chi connectivity index (χ3n) is 5.58. The lowest BCUT2D eigenvalue weighted by Gasteiger charge is -2.17. The summed E-state index contributed by atoms with van der Waals surface area (Å²) in [6.07, 6.45) is 2.36. The summed E-state index contributed by atoms with van der Waals surface area (Å²) in [7, 11) is 1.47. The van der Waals surface area contributed by atoms with Crippen molar-refractivity contribution in [3.63, 3.8) is 0 Å². The number of rotatable bonds is 9. The van der Waals surface area contributed by atoms with Gasteiger partial charge in [0.2, 0.25) is 0 Å². The molecule has 4 aromatic rings. The minimum Gasteiger partial charge on any atom is -0.487 e. The number of amides is 1. The summed E-state index contributed by atoms with van der Waals surface area (Å²) in [5.74, 6) is -1.11. The molecule has 1 amide bonds. The van der Waals surface area contributed by atoms with Crippen molar-refractivity contribution in [1.82, 2.24) is 19.7 Å². The Morgan fingerprint density at radius 2 is 1.82 bits per heavy atom. The van der Waals surface area contributed by atoms with E-state index in [2.05, 4.69) is 25.9 Å². The van der Waals surface area contributed by atoms with Gasteiger partial charge in [0, 0.05) is 12.6 Å². The predicted octanol–water partition coefficient (Wildman–Crippen LogP) is 4.00. The number of hydrogen-bond acceptors (Lipinski definition) is 8. The van der Waals surface area contributed by atoms with Gasteiger partial charge in [-0.2, -0.15) is 19.1 Å². The first-order chi connectivity index (χ1) is 18.7. The van der Waals surface area contributed by atoms with Crippen molar-refractivity contribution in [3.8, 4) is 23.5 Å². The fourth-order valence-electron chi connectivity index (χ4n) is 3.62. The zero-order valence-corrected chi connectivity index (χ0v) is 20.6. The van der Waals surface area contributed by atoms with Crippen LogP contribution in [0.1, 0.15) is 37.7 Å². The molecule has 0 saturated carbocycles. The van der Waals surface area contributed by atoms with Crippen LogP contribution in [-0.2, 0) is 6.61 Å². The molecule has 0 bridgehead atoms. The maximum atomic E-state index is 13.2. The highest BCUT2D eigenvalue weighted by Crippen LogP contribution is 2.23. The Hall–Kier alpha value is -5.38. The lowest BCUT2D eigenvalue weighted by Crippen LogP contribution is -2.26. The summed E-state index contributed by atoms with van der Waals surface area (Å²) in [6, 6.07) is 13.9. The van der Waals surface area contributed by atoms with Crippen molar-refractivity contribution in [2.24, 2.45) is 0 Å². The van der Waals surface area contributed by atoms with Crippen molar-refractivity contribution in [3.05, 3.63) is 89.0 Å². The lowest BCUT2D eigenvalue weighted by atomic mass is 10.1. The highest BCUT2D eigenvalue weighted by atomic mass is 19.3. The second-order valence-electron chi connectivity index (χ2n) is 8.07. The van der Waals surface area contributed by atoms with Crippen LogP contribution < -0.4 is 14.4 Å². The van der Waals surface area contributed by atoms with Crippen molar-refractivity contribution in [2.45, 2.75) is 20.1 Å². The molecule has 4 rings (SSSR count). The summed E-state index contributed by atoms with van der Waals surface area (Å²) in [5.41, 5.74) is 2.29. The van der Waals surface area contributed by atoms with Crippen molar-refractivity contribution >= 4 is 17.6 Å². The summed E-state index contributed by atoms with van der Waals surface area (Å²) < 4.78 is 36.1. The molecule has 0 radical (unpaired) electrons. The van der Waals surface area contributed by atoms with Gasteiger partial charge in [0.1, 0.15) is 24.0 Å². The number of hydrogen-bond donors (Lipinski definition) is 1. The molecule has 198 valence electrons. The molecular weight excluding hydrogens is 514 g/mol. The number of nitriles is 1. The number of carboxylic acids is 1. The Kier molecular flexibility index (Phi) is 7.76. The van der Waals surface area contributed by atoms with Crippen LogP contribution in [0.25, 0.3) is 5.69 Å². The molecular formula is C26H20F2N6O5. The first-order valence-electron chi connectivity index (χ1n) is 11.3. The minimum absolute atomic E-state index is 0.0569. The molecule has 0 unspecified atom stereocenters. The summed E-state index contributed by atoms with van der Waals surface area (Å²) in [6.45, 7) is -1.46. The zero-order chi connectivity index (χ0) is 28.1. The average Bonchev–Trinajstić information content (AvgIpc) is 3.26. The molecule has 39 heavy (non-hydrogen) atoms. The average molecular weight is 534 g/mol. The molecule has 0 aliphatic heterocycles. The largest absolute Gasteiger partial charge is 0.487 e. The lowest BCUT2D eigenvalue weighted by molar-refractivity contribution is -0.0560. The van der Waals surface area contributed by atoms with E-state index in [9.17, 15) is 23.6 Å². The van der Waals surface area contributed by atoms with Gasteiger partial charge in [-0.15, -0.1) is 0 Å².